The van der Waals surface area contributed by atoms with Crippen LogP contribution < -0.4 is 4.74 Å². The highest BCUT2D eigenvalue weighted by atomic mass is 19.3. The molecule has 130 valence electrons. The lowest BCUT2D eigenvalue weighted by molar-refractivity contribution is -0.0605. The van der Waals surface area contributed by atoms with E-state index in [-0.39, 0.29) is 23.7 Å². The molecule has 0 saturated carbocycles. The predicted octanol–water partition coefficient (Wildman–Crippen LogP) is 3.93. The summed E-state index contributed by atoms with van der Waals surface area (Å²) in [6.07, 6.45) is 1.91. The van der Waals surface area contributed by atoms with Crippen LogP contribution in [0.2, 0.25) is 0 Å². The van der Waals surface area contributed by atoms with Crippen molar-refractivity contribution in [2.45, 2.75) is 51.2 Å². The molecule has 1 fully saturated rings. The summed E-state index contributed by atoms with van der Waals surface area (Å²) in [4.78, 5) is 4.44. The van der Waals surface area contributed by atoms with Gasteiger partial charge in [0.25, 0.3) is 0 Å². The van der Waals surface area contributed by atoms with Gasteiger partial charge in [-0.25, -0.2) is 0 Å². The number of hydrogen-bond donors (Lipinski definition) is 0. The highest BCUT2D eigenvalue weighted by Crippen LogP contribution is 2.34. The van der Waals surface area contributed by atoms with Crippen LogP contribution in [-0.2, 0) is 11.2 Å². The lowest BCUT2D eigenvalue weighted by atomic mass is 9.88. The van der Waals surface area contributed by atoms with Gasteiger partial charge < -0.3 is 14.0 Å². The Hall–Kier alpha value is -2.02. The number of para-hydroxylation sites is 1. The summed E-state index contributed by atoms with van der Waals surface area (Å²) < 4.78 is 40.5. The van der Waals surface area contributed by atoms with E-state index in [0.29, 0.717) is 23.9 Å². The van der Waals surface area contributed by atoms with E-state index in [1.54, 1.807) is 18.2 Å². The first-order valence-electron chi connectivity index (χ1n) is 7.92. The molecule has 24 heavy (non-hydrogen) atoms. The molecule has 3 rings (SSSR count). The van der Waals surface area contributed by atoms with Gasteiger partial charge in [0.05, 0.1) is 12.0 Å². The lowest BCUT2D eigenvalue weighted by Crippen LogP contribution is -2.33. The van der Waals surface area contributed by atoms with Crippen LogP contribution in [0.5, 0.6) is 5.75 Å². The predicted molar refractivity (Wildman–Crippen MR) is 82.2 cm³/mol. The van der Waals surface area contributed by atoms with E-state index in [1.165, 1.54) is 6.07 Å². The lowest BCUT2D eigenvalue weighted by Gasteiger charge is -2.34. The molecule has 0 N–H and O–H groups in total. The van der Waals surface area contributed by atoms with E-state index < -0.39 is 6.61 Å². The number of aromatic nitrogens is 2. The summed E-state index contributed by atoms with van der Waals surface area (Å²) in [6.45, 7) is 1.87. The van der Waals surface area contributed by atoms with Gasteiger partial charge >= 0.3 is 6.61 Å². The number of hydrogen-bond acceptors (Lipinski definition) is 5. The fraction of sp³-hybridized carbons (Fsp3) is 0.529. The maximum Gasteiger partial charge on any atom is 0.387 e. The first-order valence-corrected chi connectivity index (χ1v) is 7.92. The molecule has 5 nitrogen and oxygen atoms in total. The van der Waals surface area contributed by atoms with Crippen molar-refractivity contribution in [1.29, 1.82) is 0 Å². The van der Waals surface area contributed by atoms with Gasteiger partial charge in [-0.1, -0.05) is 23.4 Å². The van der Waals surface area contributed by atoms with Crippen molar-refractivity contribution < 1.29 is 22.8 Å². The van der Waals surface area contributed by atoms with Crippen LogP contribution in [0.25, 0.3) is 0 Å². The van der Waals surface area contributed by atoms with Crippen LogP contribution in [-0.4, -0.2) is 29.0 Å². The Morgan fingerprint density at radius 1 is 1.33 bits per heavy atom. The van der Waals surface area contributed by atoms with Crippen molar-refractivity contribution in [2.24, 2.45) is 0 Å². The second kappa shape index (κ2) is 6.84. The van der Waals surface area contributed by atoms with Crippen molar-refractivity contribution in [3.8, 4) is 5.75 Å². The second-order valence-corrected chi connectivity index (χ2v) is 6.51. The first kappa shape index (κ1) is 16.8. The largest absolute Gasteiger partial charge is 0.435 e. The molecule has 1 aromatic carbocycles. The summed E-state index contributed by atoms with van der Waals surface area (Å²) in [5.74, 6) is 1.34. The van der Waals surface area contributed by atoms with Gasteiger partial charge in [-0.2, -0.15) is 13.8 Å². The number of alkyl halides is 2. The molecule has 1 unspecified atom stereocenters. The number of benzene rings is 1. The molecule has 2 heterocycles. The molecule has 0 radical (unpaired) electrons. The Morgan fingerprint density at radius 3 is 2.88 bits per heavy atom. The Morgan fingerprint density at radius 2 is 2.12 bits per heavy atom. The van der Waals surface area contributed by atoms with Crippen LogP contribution in [0, 0.1) is 0 Å². The Bertz CT molecular complexity index is 688. The zero-order valence-electron chi connectivity index (χ0n) is 13.7. The van der Waals surface area contributed by atoms with Gasteiger partial charge in [0.15, 0.2) is 5.82 Å². The summed E-state index contributed by atoms with van der Waals surface area (Å²) >= 11 is 0. The van der Waals surface area contributed by atoms with E-state index in [9.17, 15) is 8.78 Å². The van der Waals surface area contributed by atoms with Gasteiger partial charge in [0.2, 0.25) is 5.89 Å². The topological polar surface area (TPSA) is 57.4 Å². The van der Waals surface area contributed by atoms with E-state index >= 15 is 0 Å². The van der Waals surface area contributed by atoms with Crippen LogP contribution in [0.4, 0.5) is 8.78 Å². The van der Waals surface area contributed by atoms with Crippen molar-refractivity contribution in [3.05, 3.63) is 41.5 Å². The minimum Gasteiger partial charge on any atom is -0.435 e. The van der Waals surface area contributed by atoms with Crippen LogP contribution in [0.1, 0.15) is 49.9 Å². The number of ether oxygens (including phenoxy) is 2. The molecule has 7 heteroatoms. The molecular weight excluding hydrogens is 318 g/mol. The van der Waals surface area contributed by atoms with E-state index in [4.69, 9.17) is 9.26 Å². The van der Waals surface area contributed by atoms with Crippen LogP contribution in [0.15, 0.2) is 28.8 Å². The molecule has 2 aromatic rings. The molecule has 1 saturated heterocycles. The fourth-order valence-electron chi connectivity index (χ4n) is 2.98. The normalized spacial score (nSPS) is 20.3. The molecular formula is C17H20F2N2O3. The first-order chi connectivity index (χ1) is 11.4. The standard InChI is InChI=1S/C17H20F2N2O3/c1-17(2)10-12(7-8-22-17)15-20-14(24-21-15)9-11-5-3-4-6-13(11)23-16(18)19/h3-6,12,16H,7-10H2,1-2H3. The van der Waals surface area contributed by atoms with Gasteiger partial charge in [-0.05, 0) is 32.8 Å². The number of nitrogens with zero attached hydrogens (tertiary/aromatic N) is 2. The SMILES string of the molecule is CC1(C)CC(c2noc(Cc3ccccc3OC(F)F)n2)CCO1. The summed E-state index contributed by atoms with van der Waals surface area (Å²) in [5.41, 5.74) is 0.377. The maximum atomic E-state index is 12.5. The Balaban J connectivity index is 1.73. The fourth-order valence-corrected chi connectivity index (χ4v) is 2.98. The van der Waals surface area contributed by atoms with E-state index in [0.717, 1.165) is 12.8 Å². The zero-order valence-corrected chi connectivity index (χ0v) is 13.7. The molecule has 0 bridgehead atoms. The third-order valence-electron chi connectivity index (χ3n) is 4.08. The van der Waals surface area contributed by atoms with Gasteiger partial charge in [-0.3, -0.25) is 0 Å². The van der Waals surface area contributed by atoms with Crippen LogP contribution >= 0.6 is 0 Å². The van der Waals surface area contributed by atoms with Crippen LogP contribution in [0.3, 0.4) is 0 Å². The van der Waals surface area contributed by atoms with Crippen molar-refractivity contribution in [2.75, 3.05) is 6.61 Å². The smallest absolute Gasteiger partial charge is 0.387 e. The third-order valence-corrected chi connectivity index (χ3v) is 4.08. The minimum absolute atomic E-state index is 0.124. The quantitative estimate of drug-likeness (QED) is 0.826. The van der Waals surface area contributed by atoms with E-state index in [2.05, 4.69) is 14.9 Å². The zero-order chi connectivity index (χ0) is 17.2. The van der Waals surface area contributed by atoms with Crippen molar-refractivity contribution in [3.63, 3.8) is 0 Å². The summed E-state index contributed by atoms with van der Waals surface area (Å²) in [5, 5.41) is 4.06. The molecule has 1 aliphatic heterocycles. The molecule has 1 atom stereocenters. The maximum absolute atomic E-state index is 12.5. The number of halogens is 2. The van der Waals surface area contributed by atoms with Crippen molar-refractivity contribution >= 4 is 0 Å². The molecule has 1 aliphatic rings. The summed E-state index contributed by atoms with van der Waals surface area (Å²) in [6, 6.07) is 6.61. The van der Waals surface area contributed by atoms with Gasteiger partial charge in [0, 0.05) is 18.1 Å². The molecule has 0 spiro atoms. The second-order valence-electron chi connectivity index (χ2n) is 6.51. The summed E-state index contributed by atoms with van der Waals surface area (Å²) in [7, 11) is 0. The molecule has 0 aliphatic carbocycles. The molecule has 0 amide bonds. The average molecular weight is 338 g/mol. The monoisotopic (exact) mass is 338 g/mol. The van der Waals surface area contributed by atoms with Gasteiger partial charge in [-0.15, -0.1) is 0 Å². The molecule has 1 aromatic heterocycles. The minimum atomic E-state index is -2.87. The highest BCUT2D eigenvalue weighted by Gasteiger charge is 2.32. The van der Waals surface area contributed by atoms with Crippen molar-refractivity contribution in [1.82, 2.24) is 10.1 Å². The van der Waals surface area contributed by atoms with Gasteiger partial charge in [0.1, 0.15) is 5.75 Å². The third kappa shape index (κ3) is 4.08. The average Bonchev–Trinajstić information content (AvgIpc) is 2.96. The number of rotatable bonds is 5. The Labute approximate surface area is 139 Å². The Kier molecular flexibility index (Phi) is 4.80. The highest BCUT2D eigenvalue weighted by molar-refractivity contribution is 5.35. The van der Waals surface area contributed by atoms with E-state index in [1.807, 2.05) is 13.8 Å².